The van der Waals surface area contributed by atoms with Gasteiger partial charge in [0.1, 0.15) is 17.9 Å². The highest BCUT2D eigenvalue weighted by Crippen LogP contribution is 2.29. The Hall–Kier alpha value is -2.63. The Morgan fingerprint density at radius 3 is 2.57 bits per heavy atom. The van der Waals surface area contributed by atoms with Gasteiger partial charge in [0.25, 0.3) is 0 Å². The number of anilines is 1. The highest BCUT2D eigenvalue weighted by Gasteiger charge is 2.28. The number of aryl methyl sites for hydroxylation is 1. The number of hydrogen-bond acceptors (Lipinski definition) is 5. The smallest absolute Gasteiger partial charge is 0.224 e. The third kappa shape index (κ3) is 4.80. The first kappa shape index (κ1) is 18.7. The molecule has 148 valence electrons. The minimum atomic E-state index is 0.115. The third-order valence-corrected chi connectivity index (χ3v) is 5.63. The number of rotatable bonds is 7. The monoisotopic (exact) mass is 380 g/mol. The van der Waals surface area contributed by atoms with Crippen molar-refractivity contribution < 1.29 is 9.53 Å². The first-order valence-electron chi connectivity index (χ1n) is 10.3. The van der Waals surface area contributed by atoms with Crippen LogP contribution < -0.4 is 15.0 Å². The van der Waals surface area contributed by atoms with Crippen LogP contribution in [0.5, 0.6) is 11.6 Å². The van der Waals surface area contributed by atoms with E-state index in [9.17, 15) is 4.79 Å². The summed E-state index contributed by atoms with van der Waals surface area (Å²) in [5.41, 5.74) is 1.28. The summed E-state index contributed by atoms with van der Waals surface area (Å²) >= 11 is 0. The van der Waals surface area contributed by atoms with Crippen LogP contribution in [0.1, 0.15) is 38.2 Å². The van der Waals surface area contributed by atoms with E-state index in [-0.39, 0.29) is 11.8 Å². The summed E-state index contributed by atoms with van der Waals surface area (Å²) in [6.07, 6.45) is 6.79. The summed E-state index contributed by atoms with van der Waals surface area (Å²) in [7, 11) is 0. The Morgan fingerprint density at radius 1 is 1.14 bits per heavy atom. The molecule has 1 amide bonds. The van der Waals surface area contributed by atoms with Crippen molar-refractivity contribution >= 4 is 11.7 Å². The van der Waals surface area contributed by atoms with Gasteiger partial charge in [0.2, 0.25) is 11.8 Å². The number of carbonyl (C=O) groups is 1. The fourth-order valence-electron chi connectivity index (χ4n) is 3.55. The standard InChI is InChI=1S/C22H28N4O2/c1-2-16-5-7-19(8-6-16)28-21-13-20(24-15-25-21)26-11-9-18(10-12-26)22(27)23-14-17-3-4-17/h5-8,13,15,17-18H,2-4,9-12,14H2,1H3,(H,23,27). The van der Waals surface area contributed by atoms with E-state index >= 15 is 0 Å². The van der Waals surface area contributed by atoms with E-state index < -0.39 is 0 Å². The van der Waals surface area contributed by atoms with Crippen LogP contribution in [0.2, 0.25) is 0 Å². The molecule has 2 fully saturated rings. The van der Waals surface area contributed by atoms with E-state index in [1.165, 1.54) is 18.4 Å². The molecule has 0 atom stereocenters. The maximum absolute atomic E-state index is 12.3. The van der Waals surface area contributed by atoms with Gasteiger partial charge in [-0.1, -0.05) is 19.1 Å². The number of benzene rings is 1. The fourth-order valence-corrected chi connectivity index (χ4v) is 3.55. The number of carbonyl (C=O) groups excluding carboxylic acids is 1. The number of nitrogens with zero attached hydrogens (tertiary/aromatic N) is 3. The Bertz CT molecular complexity index is 796. The van der Waals surface area contributed by atoms with Crippen LogP contribution in [0.15, 0.2) is 36.7 Å². The van der Waals surface area contributed by atoms with Crippen molar-refractivity contribution in [3.05, 3.63) is 42.2 Å². The molecular formula is C22H28N4O2. The van der Waals surface area contributed by atoms with Crippen LogP contribution in [0, 0.1) is 11.8 Å². The molecule has 0 radical (unpaired) electrons. The van der Waals surface area contributed by atoms with Gasteiger partial charge in [-0.25, -0.2) is 9.97 Å². The topological polar surface area (TPSA) is 67.3 Å². The second-order valence-corrected chi connectivity index (χ2v) is 7.76. The van der Waals surface area contributed by atoms with E-state index in [0.29, 0.717) is 5.88 Å². The molecule has 0 bridgehead atoms. The van der Waals surface area contributed by atoms with Crippen molar-refractivity contribution in [2.45, 2.75) is 39.0 Å². The largest absolute Gasteiger partial charge is 0.439 e. The minimum Gasteiger partial charge on any atom is -0.439 e. The Labute approximate surface area is 166 Å². The van der Waals surface area contributed by atoms with Crippen molar-refractivity contribution in [1.82, 2.24) is 15.3 Å². The lowest BCUT2D eigenvalue weighted by Gasteiger charge is -2.32. The molecule has 1 aliphatic heterocycles. The average molecular weight is 380 g/mol. The van der Waals surface area contributed by atoms with Crippen molar-refractivity contribution in [3.8, 4) is 11.6 Å². The van der Waals surface area contributed by atoms with Gasteiger partial charge in [-0.05, 0) is 55.7 Å². The molecule has 2 heterocycles. The number of amides is 1. The maximum Gasteiger partial charge on any atom is 0.224 e. The van der Waals surface area contributed by atoms with Crippen LogP contribution in [-0.2, 0) is 11.2 Å². The molecule has 1 saturated heterocycles. The summed E-state index contributed by atoms with van der Waals surface area (Å²) in [5.74, 6) is 3.22. The van der Waals surface area contributed by atoms with Gasteiger partial charge in [0, 0.05) is 31.6 Å². The van der Waals surface area contributed by atoms with Gasteiger partial charge >= 0.3 is 0 Å². The van der Waals surface area contributed by atoms with Gasteiger partial charge in [-0.3, -0.25) is 4.79 Å². The molecule has 1 N–H and O–H groups in total. The summed E-state index contributed by atoms with van der Waals surface area (Å²) in [4.78, 5) is 23.2. The third-order valence-electron chi connectivity index (χ3n) is 5.63. The number of hydrogen-bond donors (Lipinski definition) is 1. The zero-order chi connectivity index (χ0) is 19.3. The van der Waals surface area contributed by atoms with Crippen molar-refractivity contribution in [2.24, 2.45) is 11.8 Å². The van der Waals surface area contributed by atoms with Crippen molar-refractivity contribution in [3.63, 3.8) is 0 Å². The molecule has 4 rings (SSSR count). The Kier molecular flexibility index (Phi) is 5.74. The number of ether oxygens (including phenoxy) is 1. The lowest BCUT2D eigenvalue weighted by molar-refractivity contribution is -0.125. The molecule has 1 aromatic heterocycles. The zero-order valence-corrected chi connectivity index (χ0v) is 16.4. The average Bonchev–Trinajstić information content (AvgIpc) is 3.57. The molecule has 2 aliphatic rings. The zero-order valence-electron chi connectivity index (χ0n) is 16.4. The van der Waals surface area contributed by atoms with Crippen molar-refractivity contribution in [2.75, 3.05) is 24.5 Å². The summed E-state index contributed by atoms with van der Waals surface area (Å²) < 4.78 is 5.89. The Balaban J connectivity index is 1.32. The second kappa shape index (κ2) is 8.59. The predicted octanol–water partition coefficient (Wildman–Crippen LogP) is 3.57. The molecule has 1 saturated carbocycles. The van der Waals surface area contributed by atoms with Crippen LogP contribution in [-0.4, -0.2) is 35.5 Å². The van der Waals surface area contributed by atoms with Crippen LogP contribution in [0.4, 0.5) is 5.82 Å². The molecule has 2 aromatic rings. The van der Waals surface area contributed by atoms with Crippen LogP contribution in [0.25, 0.3) is 0 Å². The SMILES string of the molecule is CCc1ccc(Oc2cc(N3CCC(C(=O)NCC4CC4)CC3)ncn2)cc1. The quantitative estimate of drug-likeness (QED) is 0.795. The highest BCUT2D eigenvalue weighted by molar-refractivity contribution is 5.79. The van der Waals surface area contributed by atoms with E-state index in [1.54, 1.807) is 6.33 Å². The van der Waals surface area contributed by atoms with E-state index in [0.717, 1.165) is 56.4 Å². The number of piperidine rings is 1. The predicted molar refractivity (Wildman–Crippen MR) is 109 cm³/mol. The minimum absolute atomic E-state index is 0.115. The number of nitrogens with one attached hydrogen (secondary N) is 1. The van der Waals surface area contributed by atoms with E-state index in [4.69, 9.17) is 4.74 Å². The lowest BCUT2D eigenvalue weighted by Crippen LogP contribution is -2.41. The summed E-state index contributed by atoms with van der Waals surface area (Å²) in [6, 6.07) is 9.94. The van der Waals surface area contributed by atoms with Gasteiger partial charge < -0.3 is 15.0 Å². The van der Waals surface area contributed by atoms with Gasteiger partial charge in [0.15, 0.2) is 0 Å². The van der Waals surface area contributed by atoms with Crippen LogP contribution in [0.3, 0.4) is 0 Å². The van der Waals surface area contributed by atoms with Gasteiger partial charge in [-0.15, -0.1) is 0 Å². The highest BCUT2D eigenvalue weighted by atomic mass is 16.5. The maximum atomic E-state index is 12.3. The summed E-state index contributed by atoms with van der Waals surface area (Å²) in [6.45, 7) is 4.63. The van der Waals surface area contributed by atoms with Gasteiger partial charge in [0.05, 0.1) is 0 Å². The molecule has 0 spiro atoms. The normalized spacial score (nSPS) is 17.4. The van der Waals surface area contributed by atoms with Gasteiger partial charge in [-0.2, -0.15) is 0 Å². The number of aromatic nitrogens is 2. The molecule has 6 heteroatoms. The molecule has 6 nitrogen and oxygen atoms in total. The molecule has 0 unspecified atom stereocenters. The molecule has 28 heavy (non-hydrogen) atoms. The van der Waals surface area contributed by atoms with Crippen LogP contribution >= 0.6 is 0 Å². The summed E-state index contributed by atoms with van der Waals surface area (Å²) in [5, 5.41) is 3.11. The first-order valence-corrected chi connectivity index (χ1v) is 10.3. The Morgan fingerprint density at radius 2 is 1.89 bits per heavy atom. The second-order valence-electron chi connectivity index (χ2n) is 7.76. The lowest BCUT2D eigenvalue weighted by atomic mass is 9.96. The van der Waals surface area contributed by atoms with E-state index in [1.807, 2.05) is 18.2 Å². The molecular weight excluding hydrogens is 352 g/mol. The fraction of sp³-hybridized carbons (Fsp3) is 0.500. The molecule has 1 aliphatic carbocycles. The van der Waals surface area contributed by atoms with Crippen molar-refractivity contribution in [1.29, 1.82) is 0 Å². The first-order chi connectivity index (χ1) is 13.7. The molecule has 1 aromatic carbocycles. The van der Waals surface area contributed by atoms with E-state index in [2.05, 4.69) is 39.2 Å².